The maximum atomic E-state index is 12.4. The number of carbonyl (C=O) groups excluding carboxylic acids is 1. The lowest BCUT2D eigenvalue weighted by molar-refractivity contribution is -0.129. The summed E-state index contributed by atoms with van der Waals surface area (Å²) in [5, 5.41) is 5.80. The zero-order valence-corrected chi connectivity index (χ0v) is 16.3. The number of aromatic nitrogens is 3. The van der Waals surface area contributed by atoms with Crippen molar-refractivity contribution in [3.05, 3.63) is 47.1 Å². The molecule has 1 aliphatic rings. The average molecular weight is 413 g/mol. The Bertz CT molecular complexity index is 938. The summed E-state index contributed by atoms with van der Waals surface area (Å²) in [6.07, 6.45) is 4.64. The van der Waals surface area contributed by atoms with Crippen LogP contribution < -0.4 is 0 Å². The first-order chi connectivity index (χ1) is 12.7. The van der Waals surface area contributed by atoms with Crippen LogP contribution in [0.3, 0.4) is 0 Å². The molecule has 1 saturated heterocycles. The lowest BCUT2D eigenvalue weighted by atomic mass is 10.0. The second-order valence-corrected chi connectivity index (χ2v) is 7.77. The normalized spacial score (nSPS) is 17.4. The molecular formula is C20H21BrN4O. The van der Waals surface area contributed by atoms with Crippen molar-refractivity contribution in [2.45, 2.75) is 32.9 Å². The molecule has 1 amide bonds. The number of likely N-dealkylation sites (tertiary alicyclic amines) is 1. The lowest BCUT2D eigenvalue weighted by Crippen LogP contribution is -2.28. The number of nitrogens with zero attached hydrogens (tertiary/aromatic N) is 4. The van der Waals surface area contributed by atoms with E-state index in [2.05, 4.69) is 27.8 Å². The third-order valence-electron chi connectivity index (χ3n) is 4.90. The van der Waals surface area contributed by atoms with E-state index in [1.165, 1.54) is 0 Å². The van der Waals surface area contributed by atoms with Crippen LogP contribution in [0.5, 0.6) is 0 Å². The monoisotopic (exact) mass is 412 g/mol. The Labute approximate surface area is 161 Å². The maximum absolute atomic E-state index is 12.4. The van der Waals surface area contributed by atoms with Crippen LogP contribution in [0.15, 0.2) is 47.1 Å². The Morgan fingerprint density at radius 1 is 1.27 bits per heavy atom. The highest BCUT2D eigenvalue weighted by Gasteiger charge is 2.29. The van der Waals surface area contributed by atoms with Gasteiger partial charge in [0, 0.05) is 34.6 Å². The number of pyridine rings is 1. The van der Waals surface area contributed by atoms with Crippen molar-refractivity contribution >= 4 is 32.9 Å². The van der Waals surface area contributed by atoms with Crippen molar-refractivity contribution < 1.29 is 4.79 Å². The van der Waals surface area contributed by atoms with E-state index in [0.29, 0.717) is 19.0 Å². The molecule has 1 unspecified atom stereocenters. The van der Waals surface area contributed by atoms with E-state index in [1.807, 2.05) is 46.0 Å². The van der Waals surface area contributed by atoms with Crippen LogP contribution in [-0.4, -0.2) is 32.1 Å². The van der Waals surface area contributed by atoms with Gasteiger partial charge < -0.3 is 4.90 Å². The van der Waals surface area contributed by atoms with Crippen molar-refractivity contribution in [2.75, 3.05) is 6.54 Å². The first-order valence-corrected chi connectivity index (χ1v) is 9.80. The molecule has 0 saturated carbocycles. The zero-order valence-electron chi connectivity index (χ0n) is 14.7. The number of amides is 1. The molecule has 3 aromatic rings. The number of fused-ring (bicyclic) bond motifs is 1. The van der Waals surface area contributed by atoms with Gasteiger partial charge in [-0.05, 0) is 34.3 Å². The van der Waals surface area contributed by atoms with E-state index in [0.717, 1.165) is 46.1 Å². The number of halogens is 1. The quantitative estimate of drug-likeness (QED) is 0.620. The van der Waals surface area contributed by atoms with E-state index in [4.69, 9.17) is 5.10 Å². The molecule has 0 radical (unpaired) electrons. The molecule has 1 atom stereocenters. The molecule has 134 valence electrons. The van der Waals surface area contributed by atoms with Crippen LogP contribution in [0.1, 0.15) is 26.2 Å². The summed E-state index contributed by atoms with van der Waals surface area (Å²) in [6, 6.07) is 12.1. The molecule has 0 bridgehead atoms. The minimum atomic E-state index is 0.213. The molecule has 1 fully saturated rings. The van der Waals surface area contributed by atoms with Gasteiger partial charge >= 0.3 is 0 Å². The van der Waals surface area contributed by atoms with Gasteiger partial charge in [0.25, 0.3) is 0 Å². The Balaban J connectivity index is 1.71. The highest BCUT2D eigenvalue weighted by molar-refractivity contribution is 9.10. The highest BCUT2D eigenvalue weighted by atomic mass is 79.9. The van der Waals surface area contributed by atoms with Gasteiger partial charge in [-0.3, -0.25) is 4.79 Å². The fraction of sp³-hybridized carbons (Fsp3) is 0.350. The van der Waals surface area contributed by atoms with Crippen molar-refractivity contribution in [3.63, 3.8) is 0 Å². The molecule has 5 nitrogen and oxygen atoms in total. The molecular weight excluding hydrogens is 392 g/mol. The minimum absolute atomic E-state index is 0.213. The summed E-state index contributed by atoms with van der Waals surface area (Å²) in [7, 11) is 0. The number of hydrogen-bond acceptors (Lipinski definition) is 3. The van der Waals surface area contributed by atoms with Crippen LogP contribution >= 0.6 is 15.9 Å². The number of hydrogen-bond donors (Lipinski definition) is 0. The molecule has 1 aromatic carbocycles. The standard InChI is InChI=1S/C20H21BrN4O/c1-2-6-14-9-18(26)24(12-14)13-25-20-17(10-16(21)11-22-20)19(23-25)15-7-4-3-5-8-15/h3-5,7-8,10-11,14H,2,6,9,12-13H2,1H3. The van der Waals surface area contributed by atoms with Gasteiger partial charge in [0.2, 0.25) is 5.91 Å². The van der Waals surface area contributed by atoms with Crippen LogP contribution in [0.25, 0.3) is 22.3 Å². The van der Waals surface area contributed by atoms with Gasteiger partial charge in [-0.1, -0.05) is 43.7 Å². The van der Waals surface area contributed by atoms with Crippen LogP contribution in [0.4, 0.5) is 0 Å². The zero-order chi connectivity index (χ0) is 18.1. The Kier molecular flexibility index (Phi) is 4.76. The Hall–Kier alpha value is -2.21. The molecule has 2 aromatic heterocycles. The number of benzene rings is 1. The molecule has 0 spiro atoms. The summed E-state index contributed by atoms with van der Waals surface area (Å²) in [5.41, 5.74) is 2.75. The minimum Gasteiger partial charge on any atom is -0.323 e. The van der Waals surface area contributed by atoms with E-state index in [1.54, 1.807) is 6.20 Å². The van der Waals surface area contributed by atoms with Gasteiger partial charge in [-0.15, -0.1) is 0 Å². The summed E-state index contributed by atoms with van der Waals surface area (Å²) in [4.78, 5) is 18.9. The predicted octanol–water partition coefficient (Wildman–Crippen LogP) is 4.47. The fourth-order valence-electron chi connectivity index (χ4n) is 3.70. The van der Waals surface area contributed by atoms with E-state index in [-0.39, 0.29) is 5.91 Å². The van der Waals surface area contributed by atoms with Gasteiger partial charge in [0.1, 0.15) is 12.4 Å². The van der Waals surface area contributed by atoms with Crippen molar-refractivity contribution in [1.29, 1.82) is 0 Å². The van der Waals surface area contributed by atoms with Gasteiger partial charge in [-0.2, -0.15) is 5.10 Å². The smallest absolute Gasteiger partial charge is 0.224 e. The summed E-state index contributed by atoms with van der Waals surface area (Å²) in [6.45, 7) is 3.43. The van der Waals surface area contributed by atoms with Crippen LogP contribution in [0.2, 0.25) is 0 Å². The number of carbonyl (C=O) groups is 1. The lowest BCUT2D eigenvalue weighted by Gasteiger charge is -2.16. The second kappa shape index (κ2) is 7.19. The predicted molar refractivity (Wildman–Crippen MR) is 105 cm³/mol. The molecule has 1 aliphatic heterocycles. The molecule has 0 aliphatic carbocycles. The fourth-order valence-corrected chi connectivity index (χ4v) is 4.03. The molecule has 0 N–H and O–H groups in total. The summed E-state index contributed by atoms with van der Waals surface area (Å²) in [5.74, 6) is 0.676. The molecule has 4 rings (SSSR count). The van der Waals surface area contributed by atoms with Crippen molar-refractivity contribution in [3.8, 4) is 11.3 Å². The molecule has 3 heterocycles. The van der Waals surface area contributed by atoms with Crippen LogP contribution in [-0.2, 0) is 11.5 Å². The van der Waals surface area contributed by atoms with Crippen molar-refractivity contribution in [1.82, 2.24) is 19.7 Å². The largest absolute Gasteiger partial charge is 0.323 e. The Morgan fingerprint density at radius 3 is 2.85 bits per heavy atom. The summed E-state index contributed by atoms with van der Waals surface area (Å²) < 4.78 is 2.78. The van der Waals surface area contributed by atoms with Gasteiger partial charge in [-0.25, -0.2) is 9.67 Å². The van der Waals surface area contributed by atoms with Crippen molar-refractivity contribution in [2.24, 2.45) is 5.92 Å². The van der Waals surface area contributed by atoms with Gasteiger partial charge in [0.05, 0.1) is 0 Å². The maximum Gasteiger partial charge on any atom is 0.224 e. The van der Waals surface area contributed by atoms with E-state index < -0.39 is 0 Å². The van der Waals surface area contributed by atoms with Gasteiger partial charge in [0.15, 0.2) is 5.65 Å². The third kappa shape index (κ3) is 3.26. The average Bonchev–Trinajstić information content (AvgIpc) is 3.17. The Morgan fingerprint density at radius 2 is 2.08 bits per heavy atom. The summed E-state index contributed by atoms with van der Waals surface area (Å²) >= 11 is 3.51. The molecule has 6 heteroatoms. The SMILES string of the molecule is CCCC1CC(=O)N(Cn2nc(-c3ccccc3)c3cc(Br)cnc32)C1. The topological polar surface area (TPSA) is 51.0 Å². The first-order valence-electron chi connectivity index (χ1n) is 9.01. The number of rotatable bonds is 5. The van der Waals surface area contributed by atoms with Crippen LogP contribution in [0, 0.1) is 5.92 Å². The second-order valence-electron chi connectivity index (χ2n) is 6.86. The highest BCUT2D eigenvalue weighted by Crippen LogP contribution is 2.30. The third-order valence-corrected chi connectivity index (χ3v) is 5.33. The van der Waals surface area contributed by atoms with E-state index in [9.17, 15) is 4.79 Å². The van der Waals surface area contributed by atoms with E-state index >= 15 is 0 Å². The first kappa shape index (κ1) is 17.2. The molecule has 26 heavy (non-hydrogen) atoms.